The Balaban J connectivity index is 2.20. The van der Waals surface area contributed by atoms with Gasteiger partial charge in [0.25, 0.3) is 0 Å². The van der Waals surface area contributed by atoms with Gasteiger partial charge in [0, 0.05) is 13.1 Å². The summed E-state index contributed by atoms with van der Waals surface area (Å²) in [6, 6.07) is 6.34. The summed E-state index contributed by atoms with van der Waals surface area (Å²) >= 11 is 0. The van der Waals surface area contributed by atoms with Crippen molar-refractivity contribution in [3.8, 4) is 0 Å². The van der Waals surface area contributed by atoms with Crippen LogP contribution in [0.4, 0.5) is 11.4 Å². The van der Waals surface area contributed by atoms with Crippen LogP contribution >= 0.6 is 0 Å². The van der Waals surface area contributed by atoms with Crippen molar-refractivity contribution in [2.24, 2.45) is 5.92 Å². The zero-order chi connectivity index (χ0) is 11.5. The van der Waals surface area contributed by atoms with Crippen molar-refractivity contribution in [1.82, 2.24) is 0 Å². The number of hydrogen-bond donors (Lipinski definition) is 1. The standard InChI is InChI=1S/C14H22N2/c1-3-12-7-5-9-16(10-12)13-8-4-6-11(2)14(13)15/h4,6,8,12H,3,5,7,9-10,15H2,1-2H3. The van der Waals surface area contributed by atoms with Crippen LogP contribution in [0.15, 0.2) is 18.2 Å². The average molecular weight is 218 g/mol. The maximum atomic E-state index is 6.16. The fourth-order valence-corrected chi connectivity index (χ4v) is 2.56. The Bertz CT molecular complexity index is 360. The first-order valence-corrected chi connectivity index (χ1v) is 6.32. The summed E-state index contributed by atoms with van der Waals surface area (Å²) in [6.07, 6.45) is 3.95. The highest BCUT2D eigenvalue weighted by atomic mass is 15.1. The van der Waals surface area contributed by atoms with E-state index >= 15 is 0 Å². The molecule has 0 bridgehead atoms. The van der Waals surface area contributed by atoms with E-state index in [0.29, 0.717) is 0 Å². The van der Waals surface area contributed by atoms with Crippen molar-refractivity contribution in [1.29, 1.82) is 0 Å². The number of rotatable bonds is 2. The van der Waals surface area contributed by atoms with Crippen LogP contribution in [0.3, 0.4) is 0 Å². The van der Waals surface area contributed by atoms with Gasteiger partial charge < -0.3 is 10.6 Å². The van der Waals surface area contributed by atoms with Crippen LogP contribution in [0.25, 0.3) is 0 Å². The topological polar surface area (TPSA) is 29.3 Å². The molecule has 1 saturated heterocycles. The maximum absolute atomic E-state index is 6.16. The normalized spacial score (nSPS) is 21.1. The number of piperidine rings is 1. The van der Waals surface area contributed by atoms with E-state index in [-0.39, 0.29) is 0 Å². The summed E-state index contributed by atoms with van der Waals surface area (Å²) in [6.45, 7) is 6.70. The number of nitrogen functional groups attached to an aromatic ring is 1. The minimum atomic E-state index is 0.841. The molecule has 1 aliphatic heterocycles. The predicted molar refractivity (Wildman–Crippen MR) is 70.8 cm³/mol. The molecule has 0 aromatic heterocycles. The maximum Gasteiger partial charge on any atom is 0.0602 e. The lowest BCUT2D eigenvalue weighted by Crippen LogP contribution is -2.35. The average Bonchev–Trinajstić information content (AvgIpc) is 2.33. The summed E-state index contributed by atoms with van der Waals surface area (Å²) in [7, 11) is 0. The summed E-state index contributed by atoms with van der Waals surface area (Å²) in [5.41, 5.74) is 9.54. The van der Waals surface area contributed by atoms with E-state index in [0.717, 1.165) is 18.2 Å². The molecule has 1 aromatic rings. The quantitative estimate of drug-likeness (QED) is 0.772. The van der Waals surface area contributed by atoms with E-state index in [1.54, 1.807) is 0 Å². The molecule has 16 heavy (non-hydrogen) atoms. The molecule has 0 radical (unpaired) electrons. The monoisotopic (exact) mass is 218 g/mol. The fraction of sp³-hybridized carbons (Fsp3) is 0.571. The van der Waals surface area contributed by atoms with Crippen LogP contribution in [-0.4, -0.2) is 13.1 Å². The summed E-state index contributed by atoms with van der Waals surface area (Å²) in [5, 5.41) is 0. The van der Waals surface area contributed by atoms with Crippen molar-refractivity contribution < 1.29 is 0 Å². The van der Waals surface area contributed by atoms with Gasteiger partial charge in [0.1, 0.15) is 0 Å². The lowest BCUT2D eigenvalue weighted by atomic mass is 9.95. The molecule has 2 heteroatoms. The first-order chi connectivity index (χ1) is 7.72. The summed E-state index contributed by atoms with van der Waals surface area (Å²) in [4.78, 5) is 2.46. The number of para-hydroxylation sites is 1. The van der Waals surface area contributed by atoms with Gasteiger partial charge >= 0.3 is 0 Å². The van der Waals surface area contributed by atoms with Gasteiger partial charge in [0.2, 0.25) is 0 Å². The van der Waals surface area contributed by atoms with Crippen LogP contribution in [0.1, 0.15) is 31.7 Å². The van der Waals surface area contributed by atoms with Gasteiger partial charge in [-0.2, -0.15) is 0 Å². The zero-order valence-corrected chi connectivity index (χ0v) is 10.4. The molecule has 0 aliphatic carbocycles. The molecule has 1 aromatic carbocycles. The van der Waals surface area contributed by atoms with E-state index in [9.17, 15) is 0 Å². The predicted octanol–water partition coefficient (Wildman–Crippen LogP) is 3.20. The third-order valence-electron chi connectivity index (χ3n) is 3.74. The third kappa shape index (κ3) is 2.16. The molecule has 1 fully saturated rings. The van der Waals surface area contributed by atoms with E-state index in [4.69, 9.17) is 5.73 Å². The molecule has 88 valence electrons. The van der Waals surface area contributed by atoms with Crippen molar-refractivity contribution in [2.75, 3.05) is 23.7 Å². The molecule has 2 N–H and O–H groups in total. The molecular formula is C14H22N2. The number of nitrogens with zero attached hydrogens (tertiary/aromatic N) is 1. The fourth-order valence-electron chi connectivity index (χ4n) is 2.56. The molecule has 0 amide bonds. The molecule has 1 unspecified atom stereocenters. The first-order valence-electron chi connectivity index (χ1n) is 6.32. The van der Waals surface area contributed by atoms with Gasteiger partial charge in [-0.25, -0.2) is 0 Å². The van der Waals surface area contributed by atoms with Gasteiger partial charge in [-0.15, -0.1) is 0 Å². The van der Waals surface area contributed by atoms with Gasteiger partial charge in [-0.1, -0.05) is 25.5 Å². The molecular weight excluding hydrogens is 196 g/mol. The number of benzene rings is 1. The first kappa shape index (κ1) is 11.3. The molecule has 1 aliphatic rings. The number of aryl methyl sites for hydroxylation is 1. The minimum Gasteiger partial charge on any atom is -0.397 e. The van der Waals surface area contributed by atoms with Crippen molar-refractivity contribution in [3.63, 3.8) is 0 Å². The highest BCUT2D eigenvalue weighted by molar-refractivity contribution is 5.71. The molecule has 0 spiro atoms. The van der Waals surface area contributed by atoms with Crippen LogP contribution < -0.4 is 10.6 Å². The molecule has 2 nitrogen and oxygen atoms in total. The zero-order valence-electron chi connectivity index (χ0n) is 10.4. The van der Waals surface area contributed by atoms with Crippen LogP contribution in [0.2, 0.25) is 0 Å². The second kappa shape index (κ2) is 4.77. The Hall–Kier alpha value is -1.18. The van der Waals surface area contributed by atoms with Gasteiger partial charge in [0.05, 0.1) is 11.4 Å². The van der Waals surface area contributed by atoms with Crippen LogP contribution in [0, 0.1) is 12.8 Å². The van der Waals surface area contributed by atoms with Crippen molar-refractivity contribution in [3.05, 3.63) is 23.8 Å². The summed E-state index contributed by atoms with van der Waals surface area (Å²) in [5.74, 6) is 0.841. The Kier molecular flexibility index (Phi) is 3.37. The Morgan fingerprint density at radius 2 is 2.25 bits per heavy atom. The van der Waals surface area contributed by atoms with Crippen LogP contribution in [0.5, 0.6) is 0 Å². The number of nitrogens with two attached hydrogens (primary N) is 1. The lowest BCUT2D eigenvalue weighted by molar-refractivity contribution is 0.405. The molecule has 1 heterocycles. The Labute approximate surface area is 98.4 Å². The number of hydrogen-bond acceptors (Lipinski definition) is 2. The minimum absolute atomic E-state index is 0.841. The van der Waals surface area contributed by atoms with E-state index < -0.39 is 0 Å². The second-order valence-corrected chi connectivity index (χ2v) is 4.87. The van der Waals surface area contributed by atoms with Gasteiger partial charge in [-0.3, -0.25) is 0 Å². The van der Waals surface area contributed by atoms with E-state index in [1.807, 2.05) is 0 Å². The second-order valence-electron chi connectivity index (χ2n) is 4.87. The third-order valence-corrected chi connectivity index (χ3v) is 3.74. The van der Waals surface area contributed by atoms with Gasteiger partial charge in [-0.05, 0) is 37.3 Å². The van der Waals surface area contributed by atoms with E-state index in [1.165, 1.54) is 37.1 Å². The van der Waals surface area contributed by atoms with Crippen LogP contribution in [-0.2, 0) is 0 Å². The van der Waals surface area contributed by atoms with Gasteiger partial charge in [0.15, 0.2) is 0 Å². The largest absolute Gasteiger partial charge is 0.397 e. The number of anilines is 2. The lowest BCUT2D eigenvalue weighted by Gasteiger charge is -2.35. The molecule has 1 atom stereocenters. The highest BCUT2D eigenvalue weighted by Crippen LogP contribution is 2.30. The van der Waals surface area contributed by atoms with E-state index in [2.05, 4.69) is 36.9 Å². The molecule has 0 saturated carbocycles. The Morgan fingerprint density at radius 1 is 1.44 bits per heavy atom. The SMILES string of the molecule is CCC1CCCN(c2cccc(C)c2N)C1. The van der Waals surface area contributed by atoms with Crippen molar-refractivity contribution in [2.45, 2.75) is 33.1 Å². The summed E-state index contributed by atoms with van der Waals surface area (Å²) < 4.78 is 0. The smallest absolute Gasteiger partial charge is 0.0602 e. The highest BCUT2D eigenvalue weighted by Gasteiger charge is 2.20. The molecule has 2 rings (SSSR count). The van der Waals surface area contributed by atoms with Crippen molar-refractivity contribution >= 4 is 11.4 Å². The Morgan fingerprint density at radius 3 is 3.00 bits per heavy atom.